The number of amides is 1. The van der Waals surface area contributed by atoms with Crippen molar-refractivity contribution in [2.75, 3.05) is 26.2 Å². The van der Waals surface area contributed by atoms with Crippen LogP contribution in [0.4, 0.5) is 4.79 Å². The second kappa shape index (κ2) is 13.0. The molecular weight excluding hydrogens is 552 g/mol. The number of aromatic nitrogens is 4. The average Bonchev–Trinajstić information content (AvgIpc) is 3.65. The molecule has 6 rings (SSSR count). The Labute approximate surface area is 246 Å². The molecule has 0 saturated carbocycles. The molecule has 2 aliphatic heterocycles. The molecule has 11 heteroatoms. The first-order valence-electron chi connectivity index (χ1n) is 13.2. The first-order valence-corrected chi connectivity index (χ1v) is 15.0. The zero-order chi connectivity index (χ0) is 26.2. The maximum Gasteiger partial charge on any atom is 0.410 e. The highest BCUT2D eigenvalue weighted by molar-refractivity contribution is 7.17. The van der Waals surface area contributed by atoms with Gasteiger partial charge in [-0.3, -0.25) is 9.36 Å². The van der Waals surface area contributed by atoms with Gasteiger partial charge in [-0.1, -0.05) is 7.43 Å². The molecule has 0 radical (unpaired) electrons. The van der Waals surface area contributed by atoms with Crippen LogP contribution in [-0.4, -0.2) is 62.3 Å². The van der Waals surface area contributed by atoms with Crippen LogP contribution in [0.2, 0.25) is 0 Å². The van der Waals surface area contributed by atoms with Gasteiger partial charge in [-0.15, -0.1) is 35.1 Å². The number of nitrogens with zero attached hydrogens (tertiary/aromatic N) is 5. The summed E-state index contributed by atoms with van der Waals surface area (Å²) in [6.45, 7) is 9.45. The number of fused-ring (bicyclic) bond motifs is 2. The number of ether oxygens (including phenoxy) is 1. The van der Waals surface area contributed by atoms with Crippen LogP contribution in [0.1, 0.15) is 77.1 Å². The maximum atomic E-state index is 12.1. The van der Waals surface area contributed by atoms with Crippen molar-refractivity contribution >= 4 is 61.6 Å². The largest absolute Gasteiger partial charge is 0.444 e. The Balaban J connectivity index is 0.000000217. The number of likely N-dealkylation sites (tertiary alicyclic amines) is 1. The van der Waals surface area contributed by atoms with Gasteiger partial charge in [0.2, 0.25) is 0 Å². The summed E-state index contributed by atoms with van der Waals surface area (Å²) >= 11 is 3.58. The third kappa shape index (κ3) is 6.96. The fraction of sp³-hybridized carbons (Fsp3) is 0.607. The average molecular weight is 595 g/mol. The van der Waals surface area contributed by atoms with E-state index in [1.54, 1.807) is 11.3 Å². The van der Waals surface area contributed by atoms with Crippen molar-refractivity contribution in [1.82, 2.24) is 29.8 Å². The predicted octanol–water partition coefficient (Wildman–Crippen LogP) is 6.91. The molecule has 0 unspecified atom stereocenters. The van der Waals surface area contributed by atoms with Crippen molar-refractivity contribution < 1.29 is 9.53 Å². The van der Waals surface area contributed by atoms with Gasteiger partial charge in [-0.05, 0) is 82.4 Å². The third-order valence-corrected chi connectivity index (χ3v) is 9.08. The molecule has 1 amide bonds. The number of hydrogen-bond acceptors (Lipinski definition) is 7. The second-order valence-corrected chi connectivity index (χ2v) is 12.9. The van der Waals surface area contributed by atoms with Gasteiger partial charge in [0.05, 0.1) is 31.8 Å². The van der Waals surface area contributed by atoms with E-state index >= 15 is 0 Å². The number of piperidine rings is 2. The van der Waals surface area contributed by atoms with Gasteiger partial charge in [0.25, 0.3) is 0 Å². The molecule has 2 fully saturated rings. The molecule has 6 heterocycles. The summed E-state index contributed by atoms with van der Waals surface area (Å²) < 4.78 is 12.1. The molecule has 1 N–H and O–H groups in total. The van der Waals surface area contributed by atoms with Crippen molar-refractivity contribution in [2.24, 2.45) is 14.1 Å². The van der Waals surface area contributed by atoms with Gasteiger partial charge in [0.1, 0.15) is 5.60 Å². The Morgan fingerprint density at radius 3 is 1.82 bits per heavy atom. The molecule has 2 saturated heterocycles. The van der Waals surface area contributed by atoms with Crippen LogP contribution in [0.15, 0.2) is 22.9 Å². The smallest absolute Gasteiger partial charge is 0.410 e. The van der Waals surface area contributed by atoms with E-state index in [1.165, 1.54) is 44.7 Å². The van der Waals surface area contributed by atoms with Gasteiger partial charge in [-0.2, -0.15) is 10.2 Å². The van der Waals surface area contributed by atoms with Crippen LogP contribution in [0, 0.1) is 0 Å². The second-order valence-electron chi connectivity index (χ2n) is 11.1. The first-order chi connectivity index (χ1) is 17.7. The van der Waals surface area contributed by atoms with E-state index < -0.39 is 5.60 Å². The van der Waals surface area contributed by atoms with Crippen molar-refractivity contribution in [1.29, 1.82) is 0 Å². The molecule has 8 nitrogen and oxygen atoms in total. The summed E-state index contributed by atoms with van der Waals surface area (Å²) in [6, 6.07) is 4.28. The maximum absolute atomic E-state index is 12.1. The zero-order valence-electron chi connectivity index (χ0n) is 22.9. The van der Waals surface area contributed by atoms with E-state index in [0.29, 0.717) is 11.8 Å². The molecular formula is C28H43ClN6O2S2. The predicted molar refractivity (Wildman–Crippen MR) is 166 cm³/mol. The van der Waals surface area contributed by atoms with Crippen LogP contribution in [-0.2, 0) is 18.8 Å². The molecule has 0 bridgehead atoms. The van der Waals surface area contributed by atoms with E-state index in [1.807, 2.05) is 60.5 Å². The van der Waals surface area contributed by atoms with Crippen LogP contribution in [0.5, 0.6) is 0 Å². The number of carbonyl (C=O) groups excluding carboxylic acids is 1. The molecule has 2 aliphatic rings. The van der Waals surface area contributed by atoms with Gasteiger partial charge in [-0.25, -0.2) is 4.79 Å². The van der Waals surface area contributed by atoms with E-state index in [9.17, 15) is 4.79 Å². The Kier molecular flexibility index (Phi) is 10.5. The lowest BCUT2D eigenvalue weighted by Crippen LogP contribution is -2.41. The Hall–Kier alpha value is -2.14. The minimum Gasteiger partial charge on any atom is -0.444 e. The lowest BCUT2D eigenvalue weighted by atomic mass is 9.94. The summed E-state index contributed by atoms with van der Waals surface area (Å²) in [5.74, 6) is 1.09. The molecule has 0 aromatic carbocycles. The Morgan fingerprint density at radius 1 is 0.897 bits per heavy atom. The lowest BCUT2D eigenvalue weighted by Gasteiger charge is -2.32. The van der Waals surface area contributed by atoms with Crippen molar-refractivity contribution in [3.8, 4) is 0 Å². The monoisotopic (exact) mass is 594 g/mol. The summed E-state index contributed by atoms with van der Waals surface area (Å²) in [5, 5.41) is 17.1. The minimum atomic E-state index is -0.432. The molecule has 4 aromatic heterocycles. The SMILES string of the molecule is C.Cl.Cn1nc(C2CCN(C(=O)OC(C)(C)C)CC2)c2sccc21.Cn1nc(C2CCNCC2)c2sccc21. The third-order valence-electron chi connectivity index (χ3n) is 7.23. The number of nitrogens with one attached hydrogen (secondary N) is 1. The van der Waals surface area contributed by atoms with Gasteiger partial charge in [0.15, 0.2) is 0 Å². The highest BCUT2D eigenvalue weighted by atomic mass is 35.5. The van der Waals surface area contributed by atoms with Crippen LogP contribution in [0.25, 0.3) is 20.4 Å². The molecule has 0 spiro atoms. The fourth-order valence-electron chi connectivity index (χ4n) is 5.31. The summed E-state index contributed by atoms with van der Waals surface area (Å²) in [7, 11) is 4.04. The number of hydrogen-bond donors (Lipinski definition) is 1. The fourth-order valence-corrected chi connectivity index (χ4v) is 7.28. The molecule has 39 heavy (non-hydrogen) atoms. The molecule has 216 valence electrons. The number of carbonyl (C=O) groups is 1. The zero-order valence-corrected chi connectivity index (χ0v) is 25.3. The standard InChI is InChI=1S/C16H23N3O2S.C11H15N3S.CH4.ClH/c1-16(2,3)21-15(20)19-8-5-11(6-9-19)13-14-12(7-10-22-14)18(4)17-13;1-14-9-4-7-15-11(9)10(13-14)8-2-5-12-6-3-8;;/h7,10-11H,5-6,8-9H2,1-4H3;4,7-8,12H,2-3,5-6H2,1H3;1H4;1H. The number of thiophene rings is 2. The van der Waals surface area contributed by atoms with Crippen molar-refractivity contribution in [3.63, 3.8) is 0 Å². The highest BCUT2D eigenvalue weighted by Gasteiger charge is 2.30. The molecule has 4 aromatic rings. The van der Waals surface area contributed by atoms with Gasteiger partial charge < -0.3 is 15.0 Å². The van der Waals surface area contributed by atoms with E-state index in [4.69, 9.17) is 9.84 Å². The number of halogens is 1. The van der Waals surface area contributed by atoms with E-state index in [0.717, 1.165) is 39.0 Å². The normalized spacial score (nSPS) is 16.9. The van der Waals surface area contributed by atoms with Crippen LogP contribution < -0.4 is 5.32 Å². The summed E-state index contributed by atoms with van der Waals surface area (Å²) in [6.07, 6.45) is 4.15. The number of aryl methyl sites for hydroxylation is 2. The molecule has 0 atom stereocenters. The minimum absolute atomic E-state index is 0. The van der Waals surface area contributed by atoms with Gasteiger partial charge >= 0.3 is 6.09 Å². The van der Waals surface area contributed by atoms with Crippen LogP contribution >= 0.6 is 35.1 Å². The van der Waals surface area contributed by atoms with Gasteiger partial charge in [0, 0.05) is 39.0 Å². The van der Waals surface area contributed by atoms with E-state index in [-0.39, 0.29) is 25.9 Å². The first kappa shape index (κ1) is 31.4. The summed E-state index contributed by atoms with van der Waals surface area (Å²) in [4.78, 5) is 13.9. The topological polar surface area (TPSA) is 77.2 Å². The quantitative estimate of drug-likeness (QED) is 0.273. The molecule has 0 aliphatic carbocycles. The van der Waals surface area contributed by atoms with Crippen molar-refractivity contribution in [2.45, 2.75) is 71.3 Å². The van der Waals surface area contributed by atoms with E-state index in [2.05, 4.69) is 33.3 Å². The Morgan fingerprint density at radius 2 is 1.36 bits per heavy atom. The Bertz CT molecular complexity index is 1350. The summed E-state index contributed by atoms with van der Waals surface area (Å²) in [5.41, 5.74) is 4.57. The van der Waals surface area contributed by atoms with Crippen molar-refractivity contribution in [3.05, 3.63) is 34.3 Å². The number of rotatable bonds is 2. The van der Waals surface area contributed by atoms with Crippen LogP contribution in [0.3, 0.4) is 0 Å². The highest BCUT2D eigenvalue weighted by Crippen LogP contribution is 2.35. The lowest BCUT2D eigenvalue weighted by molar-refractivity contribution is 0.0204.